The van der Waals surface area contributed by atoms with Gasteiger partial charge in [0.2, 0.25) is 0 Å². The number of ether oxygens (including phenoxy) is 1. The molecule has 0 fully saturated rings. The third kappa shape index (κ3) is 2.38. The molecule has 1 unspecified atom stereocenters. The van der Waals surface area contributed by atoms with E-state index >= 15 is 0 Å². The summed E-state index contributed by atoms with van der Waals surface area (Å²) in [6, 6.07) is 0. The SMILES string of the molecule is C#CCC(O)C(C)(C)OC. The van der Waals surface area contributed by atoms with Gasteiger partial charge in [0.05, 0.1) is 11.7 Å². The molecule has 0 bridgehead atoms. The Kier molecular flexibility index (Phi) is 3.41. The molecule has 0 saturated carbocycles. The summed E-state index contributed by atoms with van der Waals surface area (Å²) in [6.07, 6.45) is 4.77. The van der Waals surface area contributed by atoms with Gasteiger partial charge in [0.1, 0.15) is 0 Å². The Morgan fingerprint density at radius 2 is 2.20 bits per heavy atom. The largest absolute Gasteiger partial charge is 0.389 e. The van der Waals surface area contributed by atoms with Crippen LogP contribution >= 0.6 is 0 Å². The van der Waals surface area contributed by atoms with Gasteiger partial charge < -0.3 is 9.84 Å². The number of rotatable bonds is 3. The molecule has 0 spiro atoms. The Balaban J connectivity index is 3.93. The van der Waals surface area contributed by atoms with E-state index in [-0.39, 0.29) is 0 Å². The van der Waals surface area contributed by atoms with E-state index < -0.39 is 11.7 Å². The van der Waals surface area contributed by atoms with E-state index in [1.165, 1.54) is 0 Å². The first kappa shape index (κ1) is 9.48. The second-order valence-electron chi connectivity index (χ2n) is 2.73. The second-order valence-corrected chi connectivity index (χ2v) is 2.73. The molecule has 0 aromatic carbocycles. The molecule has 2 nitrogen and oxygen atoms in total. The van der Waals surface area contributed by atoms with Crippen molar-refractivity contribution in [3.05, 3.63) is 0 Å². The summed E-state index contributed by atoms with van der Waals surface area (Å²) in [5.41, 5.74) is -0.535. The van der Waals surface area contributed by atoms with Crippen molar-refractivity contribution < 1.29 is 9.84 Å². The molecular weight excluding hydrogens is 128 g/mol. The lowest BCUT2D eigenvalue weighted by atomic mass is 9.99. The lowest BCUT2D eigenvalue weighted by Gasteiger charge is -2.27. The van der Waals surface area contributed by atoms with E-state index in [1.54, 1.807) is 21.0 Å². The number of hydrogen-bond donors (Lipinski definition) is 1. The Hall–Kier alpha value is -0.520. The van der Waals surface area contributed by atoms with E-state index in [4.69, 9.17) is 11.2 Å². The van der Waals surface area contributed by atoms with Gasteiger partial charge in [-0.3, -0.25) is 0 Å². The first-order chi connectivity index (χ1) is 4.54. The fraction of sp³-hybridized carbons (Fsp3) is 0.750. The molecule has 2 heteroatoms. The molecule has 1 atom stereocenters. The molecule has 0 aliphatic heterocycles. The minimum absolute atomic E-state index is 0.334. The molecule has 0 aliphatic rings. The number of methoxy groups -OCH3 is 1. The monoisotopic (exact) mass is 142 g/mol. The van der Waals surface area contributed by atoms with Gasteiger partial charge >= 0.3 is 0 Å². The quantitative estimate of drug-likeness (QED) is 0.590. The molecule has 10 heavy (non-hydrogen) atoms. The normalized spacial score (nSPS) is 14.3. The number of aliphatic hydroxyl groups is 1. The average Bonchev–Trinajstić information content (AvgIpc) is 1.89. The number of hydrogen-bond acceptors (Lipinski definition) is 2. The third-order valence-electron chi connectivity index (χ3n) is 1.64. The van der Waals surface area contributed by atoms with Gasteiger partial charge in [-0.2, -0.15) is 0 Å². The van der Waals surface area contributed by atoms with Crippen LogP contribution in [0.1, 0.15) is 20.3 Å². The van der Waals surface area contributed by atoms with E-state index in [1.807, 2.05) is 0 Å². The topological polar surface area (TPSA) is 29.5 Å². The summed E-state index contributed by atoms with van der Waals surface area (Å²) >= 11 is 0. The zero-order chi connectivity index (χ0) is 8.20. The van der Waals surface area contributed by atoms with Crippen molar-refractivity contribution in [2.75, 3.05) is 7.11 Å². The van der Waals surface area contributed by atoms with E-state index in [0.29, 0.717) is 6.42 Å². The van der Waals surface area contributed by atoms with Crippen molar-refractivity contribution in [2.45, 2.75) is 32.0 Å². The Morgan fingerprint density at radius 3 is 2.50 bits per heavy atom. The fourth-order valence-corrected chi connectivity index (χ4v) is 0.493. The van der Waals surface area contributed by atoms with Crippen LogP contribution in [0.5, 0.6) is 0 Å². The van der Waals surface area contributed by atoms with Crippen LogP contribution in [0.15, 0.2) is 0 Å². The highest BCUT2D eigenvalue weighted by Gasteiger charge is 2.25. The summed E-state index contributed by atoms with van der Waals surface area (Å²) in [4.78, 5) is 0. The van der Waals surface area contributed by atoms with Gasteiger partial charge in [-0.05, 0) is 13.8 Å². The van der Waals surface area contributed by atoms with Crippen LogP contribution in [0.4, 0.5) is 0 Å². The molecule has 0 saturated heterocycles. The van der Waals surface area contributed by atoms with Gasteiger partial charge in [0, 0.05) is 13.5 Å². The van der Waals surface area contributed by atoms with Gasteiger partial charge in [0.15, 0.2) is 0 Å². The van der Waals surface area contributed by atoms with Gasteiger partial charge in [-0.25, -0.2) is 0 Å². The second kappa shape index (κ2) is 3.60. The molecule has 0 rings (SSSR count). The molecular formula is C8H14O2. The fourth-order valence-electron chi connectivity index (χ4n) is 0.493. The number of aliphatic hydroxyl groups excluding tert-OH is 1. The van der Waals surface area contributed by atoms with Crippen LogP contribution in [0.25, 0.3) is 0 Å². The molecule has 0 heterocycles. The molecule has 0 amide bonds. The van der Waals surface area contributed by atoms with Crippen LogP contribution < -0.4 is 0 Å². The predicted octanol–water partition coefficient (Wildman–Crippen LogP) is 0.796. The lowest BCUT2D eigenvalue weighted by Crippen LogP contribution is -2.37. The third-order valence-corrected chi connectivity index (χ3v) is 1.64. The first-order valence-corrected chi connectivity index (χ1v) is 3.21. The van der Waals surface area contributed by atoms with Crippen LogP contribution in [0.2, 0.25) is 0 Å². The summed E-state index contributed by atoms with van der Waals surface area (Å²) in [6.45, 7) is 3.60. The van der Waals surface area contributed by atoms with Crippen LogP contribution in [0.3, 0.4) is 0 Å². The van der Waals surface area contributed by atoms with E-state index in [0.717, 1.165) is 0 Å². The zero-order valence-electron chi connectivity index (χ0n) is 6.72. The molecule has 0 radical (unpaired) electrons. The summed E-state index contributed by atoms with van der Waals surface area (Å²) in [7, 11) is 1.56. The lowest BCUT2D eigenvalue weighted by molar-refractivity contribution is -0.0745. The highest BCUT2D eigenvalue weighted by Crippen LogP contribution is 2.15. The minimum Gasteiger partial charge on any atom is -0.389 e. The molecule has 0 aliphatic carbocycles. The average molecular weight is 142 g/mol. The maximum atomic E-state index is 9.31. The maximum absolute atomic E-state index is 9.31. The van der Waals surface area contributed by atoms with Crippen LogP contribution in [0, 0.1) is 12.3 Å². The van der Waals surface area contributed by atoms with Crippen molar-refractivity contribution in [1.82, 2.24) is 0 Å². The van der Waals surface area contributed by atoms with Crippen molar-refractivity contribution in [1.29, 1.82) is 0 Å². The highest BCUT2D eigenvalue weighted by atomic mass is 16.5. The standard InChI is InChI=1S/C8H14O2/c1-5-6-7(9)8(2,3)10-4/h1,7,9H,6H2,2-4H3. The molecule has 58 valence electrons. The van der Waals surface area contributed by atoms with Crippen molar-refractivity contribution in [3.8, 4) is 12.3 Å². The number of terminal acetylenes is 1. The minimum atomic E-state index is -0.581. The first-order valence-electron chi connectivity index (χ1n) is 3.21. The Labute approximate surface area is 62.2 Å². The van der Waals surface area contributed by atoms with Crippen LogP contribution in [-0.2, 0) is 4.74 Å². The van der Waals surface area contributed by atoms with Crippen molar-refractivity contribution >= 4 is 0 Å². The maximum Gasteiger partial charge on any atom is 0.0933 e. The van der Waals surface area contributed by atoms with Crippen molar-refractivity contribution in [2.24, 2.45) is 0 Å². The van der Waals surface area contributed by atoms with Gasteiger partial charge in [-0.15, -0.1) is 12.3 Å². The Morgan fingerprint density at radius 1 is 1.70 bits per heavy atom. The summed E-state index contributed by atoms with van der Waals surface area (Å²) in [5, 5.41) is 9.31. The Bertz CT molecular complexity index is 133. The van der Waals surface area contributed by atoms with Crippen LogP contribution in [-0.4, -0.2) is 23.9 Å². The molecule has 1 N–H and O–H groups in total. The summed E-state index contributed by atoms with van der Waals surface area (Å²) < 4.78 is 5.01. The smallest absolute Gasteiger partial charge is 0.0933 e. The van der Waals surface area contributed by atoms with Gasteiger partial charge in [0.25, 0.3) is 0 Å². The summed E-state index contributed by atoms with van der Waals surface area (Å²) in [5.74, 6) is 2.38. The molecule has 0 aromatic heterocycles. The zero-order valence-corrected chi connectivity index (χ0v) is 6.72. The predicted molar refractivity (Wildman–Crippen MR) is 40.5 cm³/mol. The van der Waals surface area contributed by atoms with E-state index in [9.17, 15) is 5.11 Å². The highest BCUT2D eigenvalue weighted by molar-refractivity contribution is 4.92. The van der Waals surface area contributed by atoms with Gasteiger partial charge in [-0.1, -0.05) is 0 Å². The molecule has 0 aromatic rings. The van der Waals surface area contributed by atoms with Crippen molar-refractivity contribution in [3.63, 3.8) is 0 Å². The van der Waals surface area contributed by atoms with E-state index in [2.05, 4.69) is 5.92 Å².